The van der Waals surface area contributed by atoms with Crippen molar-refractivity contribution in [1.82, 2.24) is 0 Å². The summed E-state index contributed by atoms with van der Waals surface area (Å²) < 4.78 is 32.9. The minimum atomic E-state index is -4.25. The molecule has 27 heavy (non-hydrogen) atoms. The Morgan fingerprint density at radius 1 is 0.741 bits per heavy atom. The fourth-order valence-corrected chi connectivity index (χ4v) is 6.40. The monoisotopic (exact) mass is 408 g/mol. The first kappa shape index (κ1) is 22.3. The molecule has 0 unspecified atom stereocenters. The van der Waals surface area contributed by atoms with Gasteiger partial charge >= 0.3 is 29.6 Å². The van der Waals surface area contributed by atoms with Gasteiger partial charge in [0.1, 0.15) is 0 Å². The zero-order valence-electron chi connectivity index (χ0n) is 17.0. The van der Waals surface area contributed by atoms with Crippen molar-refractivity contribution in [3.05, 3.63) is 83.4 Å². The molecule has 0 aliphatic rings. The van der Waals surface area contributed by atoms with Gasteiger partial charge in [0.2, 0.25) is 0 Å². The zero-order valence-corrected chi connectivity index (χ0v) is 19.7. The summed E-state index contributed by atoms with van der Waals surface area (Å²) in [6.45, 7) is 6.13. The van der Waals surface area contributed by atoms with Gasteiger partial charge in [-0.3, -0.25) is 4.55 Å². The second-order valence-corrected chi connectivity index (χ2v) is 9.87. The Morgan fingerprint density at radius 2 is 1.19 bits per heavy atom. The van der Waals surface area contributed by atoms with Crippen molar-refractivity contribution in [1.29, 1.82) is 0 Å². The van der Waals surface area contributed by atoms with Gasteiger partial charge in [0, 0.05) is 0 Å². The molecule has 0 spiro atoms. The third-order valence-corrected chi connectivity index (χ3v) is 8.21. The molecule has 1 N–H and O–H groups in total. The Hall–Kier alpha value is -1.000. The van der Waals surface area contributed by atoms with Crippen LogP contribution in [0.25, 0.3) is 0 Å². The van der Waals surface area contributed by atoms with Gasteiger partial charge in [-0.1, -0.05) is 54.6 Å². The summed E-state index contributed by atoms with van der Waals surface area (Å²) in [5.41, 5.74) is 3.34. The maximum Gasteiger partial charge on any atom is 1.00 e. The molecule has 6 heteroatoms. The molecule has 3 nitrogen and oxygen atoms in total. The first-order valence-electron chi connectivity index (χ1n) is 8.28. The van der Waals surface area contributed by atoms with E-state index in [1.54, 1.807) is 12.1 Å². The van der Waals surface area contributed by atoms with Crippen LogP contribution in [-0.4, -0.2) is 13.0 Å². The van der Waals surface area contributed by atoms with E-state index in [1.165, 1.54) is 27.8 Å². The molecule has 0 bridgehead atoms. The van der Waals surface area contributed by atoms with Gasteiger partial charge in [-0.25, -0.2) is 0 Å². The smallest absolute Gasteiger partial charge is 1.00 e. The van der Waals surface area contributed by atoms with Gasteiger partial charge in [0.15, 0.2) is 0 Å². The predicted molar refractivity (Wildman–Crippen MR) is 110 cm³/mol. The van der Waals surface area contributed by atoms with E-state index >= 15 is 0 Å². The zero-order chi connectivity index (χ0) is 18.9. The van der Waals surface area contributed by atoms with Crippen LogP contribution in [0, 0.1) is 20.8 Å². The van der Waals surface area contributed by atoms with Crippen LogP contribution < -0.4 is 45.5 Å². The topological polar surface area (TPSA) is 54.4 Å². The molecule has 3 aromatic carbocycles. The minimum absolute atomic E-state index is 0. The Balaban J connectivity index is 0.00000196. The van der Waals surface area contributed by atoms with Gasteiger partial charge < -0.3 is 1.43 Å². The van der Waals surface area contributed by atoms with E-state index < -0.39 is 18.0 Å². The standard InChI is InChI=1S/C21H21O3PS.Na.H/c1-15-8-4-6-10-19(15)25(20-11-7-5-9-16(20)2)21-14-18(26(22,23)24)13-12-17(21)3;;/h4-14H,1-3H3,(H,22,23,24);;/q;+1;-1. The van der Waals surface area contributed by atoms with E-state index in [2.05, 4.69) is 38.1 Å². The molecule has 0 saturated heterocycles. The molecule has 0 atom stereocenters. The van der Waals surface area contributed by atoms with Crippen molar-refractivity contribution in [2.75, 3.05) is 0 Å². The van der Waals surface area contributed by atoms with Gasteiger partial charge in [0.25, 0.3) is 10.1 Å². The molecule has 0 heterocycles. The van der Waals surface area contributed by atoms with Crippen LogP contribution in [0.1, 0.15) is 18.1 Å². The van der Waals surface area contributed by atoms with Crippen LogP contribution in [0.15, 0.2) is 71.6 Å². The Morgan fingerprint density at radius 3 is 1.63 bits per heavy atom. The van der Waals surface area contributed by atoms with E-state index in [-0.39, 0.29) is 35.9 Å². The largest absolute Gasteiger partial charge is 1.00 e. The average molecular weight is 408 g/mol. The summed E-state index contributed by atoms with van der Waals surface area (Å²) in [4.78, 5) is -0.0623. The minimum Gasteiger partial charge on any atom is -1.00 e. The maximum atomic E-state index is 11.7. The Bertz CT molecular complexity index is 1030. The fraction of sp³-hybridized carbons (Fsp3) is 0.143. The van der Waals surface area contributed by atoms with Crippen molar-refractivity contribution in [2.24, 2.45) is 0 Å². The van der Waals surface area contributed by atoms with Gasteiger partial charge in [0.05, 0.1) is 4.90 Å². The predicted octanol–water partition coefficient (Wildman–Crippen LogP) is 0.733. The Kier molecular flexibility index (Phi) is 7.43. The summed E-state index contributed by atoms with van der Waals surface area (Å²) in [7, 11) is -5.20. The molecule has 0 aliphatic heterocycles. The average Bonchev–Trinajstić information content (AvgIpc) is 2.59. The van der Waals surface area contributed by atoms with Crippen LogP contribution in [0.3, 0.4) is 0 Å². The van der Waals surface area contributed by atoms with Crippen LogP contribution >= 0.6 is 7.92 Å². The van der Waals surface area contributed by atoms with Crippen LogP contribution in [0.5, 0.6) is 0 Å². The summed E-state index contributed by atoms with van der Waals surface area (Å²) in [5, 5.41) is 3.32. The molecule has 3 rings (SSSR count). The first-order chi connectivity index (χ1) is 12.3. The second-order valence-electron chi connectivity index (χ2n) is 6.33. The van der Waals surface area contributed by atoms with Crippen molar-refractivity contribution in [2.45, 2.75) is 25.7 Å². The number of rotatable bonds is 4. The third kappa shape index (κ3) is 4.89. The van der Waals surface area contributed by atoms with Crippen LogP contribution in [0.2, 0.25) is 0 Å². The molecule has 0 aromatic heterocycles. The molecule has 0 radical (unpaired) electrons. The van der Waals surface area contributed by atoms with Gasteiger partial charge in [-0.2, -0.15) is 8.42 Å². The number of benzene rings is 3. The molecular weight excluding hydrogens is 386 g/mol. The molecule has 3 aromatic rings. The van der Waals surface area contributed by atoms with Crippen molar-refractivity contribution < 1.29 is 44.0 Å². The molecule has 0 amide bonds. The summed E-state index contributed by atoms with van der Waals surface area (Å²) in [6.07, 6.45) is 0. The third-order valence-electron chi connectivity index (χ3n) is 4.43. The maximum absolute atomic E-state index is 11.7. The van der Waals surface area contributed by atoms with Crippen molar-refractivity contribution in [3.63, 3.8) is 0 Å². The number of aryl methyl sites for hydroxylation is 3. The Labute approximate surface area is 186 Å². The number of hydrogen-bond donors (Lipinski definition) is 1. The van der Waals surface area contributed by atoms with Crippen LogP contribution in [0.4, 0.5) is 0 Å². The van der Waals surface area contributed by atoms with Crippen molar-refractivity contribution in [3.8, 4) is 0 Å². The summed E-state index contributed by atoms with van der Waals surface area (Å²) in [5.74, 6) is 0. The normalized spacial score (nSPS) is 11.3. The van der Waals surface area contributed by atoms with E-state index in [4.69, 9.17) is 0 Å². The molecular formula is C21H22NaO3PS. The second kappa shape index (κ2) is 9.00. The molecule has 0 fully saturated rings. The van der Waals surface area contributed by atoms with Gasteiger partial charge in [-0.15, -0.1) is 0 Å². The quantitative estimate of drug-likeness (QED) is 0.394. The van der Waals surface area contributed by atoms with E-state index in [0.717, 1.165) is 10.9 Å². The summed E-state index contributed by atoms with van der Waals surface area (Å²) in [6, 6.07) is 21.2. The molecule has 0 aliphatic carbocycles. The van der Waals surface area contributed by atoms with E-state index in [0.29, 0.717) is 0 Å². The molecule has 136 valence electrons. The fourth-order valence-electron chi connectivity index (χ4n) is 3.01. The SMILES string of the molecule is Cc1ccccc1P(c1ccccc1C)c1cc(S(=O)(=O)O)ccc1C.[H-].[Na+]. The van der Waals surface area contributed by atoms with E-state index in [9.17, 15) is 13.0 Å². The van der Waals surface area contributed by atoms with Gasteiger partial charge in [-0.05, 0) is 73.4 Å². The van der Waals surface area contributed by atoms with E-state index in [1.807, 2.05) is 31.2 Å². The summed E-state index contributed by atoms with van der Waals surface area (Å²) >= 11 is 0. The molecule has 0 saturated carbocycles. The van der Waals surface area contributed by atoms with Crippen molar-refractivity contribution >= 4 is 34.0 Å². The first-order valence-corrected chi connectivity index (χ1v) is 11.1. The number of hydrogen-bond acceptors (Lipinski definition) is 2. The van der Waals surface area contributed by atoms with Crippen LogP contribution in [-0.2, 0) is 10.1 Å².